The first kappa shape index (κ1) is 25.5. The molecule has 2 amide bonds. The van der Waals surface area contributed by atoms with Crippen LogP contribution in [0.1, 0.15) is 42.6 Å². The Morgan fingerprint density at radius 2 is 1.92 bits per heavy atom. The molecular weight excluding hydrogens is 459 g/mol. The SMILES string of the molecule is CC(C)C[C@H](NC(=O)C1(Cc2ccccc2)CC(CNC(=O)c2cccc3[nH]ccc23)=NO1)B(O)O. The molecule has 1 aliphatic heterocycles. The number of H-pyrrole nitrogens is 1. The Bertz CT molecular complexity index is 1240. The average molecular weight is 490 g/mol. The summed E-state index contributed by atoms with van der Waals surface area (Å²) in [6, 6.07) is 16.7. The third-order valence-electron chi connectivity index (χ3n) is 6.28. The van der Waals surface area contributed by atoms with Gasteiger partial charge in [-0.15, -0.1) is 0 Å². The van der Waals surface area contributed by atoms with Crippen molar-refractivity contribution in [2.75, 3.05) is 6.54 Å². The van der Waals surface area contributed by atoms with Crippen molar-refractivity contribution >= 4 is 35.5 Å². The molecule has 4 rings (SSSR count). The van der Waals surface area contributed by atoms with Crippen LogP contribution in [-0.4, -0.2) is 57.8 Å². The van der Waals surface area contributed by atoms with Gasteiger partial charge in [0, 0.05) is 35.5 Å². The highest BCUT2D eigenvalue weighted by Gasteiger charge is 2.48. The van der Waals surface area contributed by atoms with Gasteiger partial charge in [-0.3, -0.25) is 9.59 Å². The first-order valence-electron chi connectivity index (χ1n) is 12.1. The van der Waals surface area contributed by atoms with Gasteiger partial charge in [-0.2, -0.15) is 0 Å². The van der Waals surface area contributed by atoms with E-state index in [1.807, 2.05) is 62.4 Å². The number of oxime groups is 1. The topological polar surface area (TPSA) is 136 Å². The summed E-state index contributed by atoms with van der Waals surface area (Å²) >= 11 is 0. The summed E-state index contributed by atoms with van der Waals surface area (Å²) in [5, 5.41) is 30.2. The molecule has 0 bridgehead atoms. The van der Waals surface area contributed by atoms with Crippen LogP contribution in [0.2, 0.25) is 0 Å². The first-order chi connectivity index (χ1) is 17.3. The van der Waals surface area contributed by atoms with Gasteiger partial charge in [-0.05, 0) is 36.1 Å². The van der Waals surface area contributed by atoms with Gasteiger partial charge >= 0.3 is 7.12 Å². The normalized spacial score (nSPS) is 18.0. The van der Waals surface area contributed by atoms with Gasteiger partial charge in [0.2, 0.25) is 5.60 Å². The van der Waals surface area contributed by atoms with Gasteiger partial charge < -0.3 is 30.5 Å². The molecular formula is C26H31BN4O5. The minimum Gasteiger partial charge on any atom is -0.426 e. The zero-order valence-electron chi connectivity index (χ0n) is 20.4. The number of fused-ring (bicyclic) bond motifs is 1. The van der Waals surface area contributed by atoms with E-state index in [1.54, 1.807) is 12.3 Å². The summed E-state index contributed by atoms with van der Waals surface area (Å²) in [6.45, 7) is 3.98. The Balaban J connectivity index is 1.48. The second-order valence-corrected chi connectivity index (χ2v) is 9.63. The summed E-state index contributed by atoms with van der Waals surface area (Å²) in [5.74, 6) is -1.45. The molecule has 1 aliphatic rings. The van der Waals surface area contributed by atoms with Crippen LogP contribution in [0.15, 0.2) is 65.9 Å². The number of rotatable bonds is 10. The molecule has 0 fully saturated rings. The third kappa shape index (κ3) is 5.77. The second kappa shape index (κ2) is 11.0. The fourth-order valence-electron chi connectivity index (χ4n) is 4.49. The second-order valence-electron chi connectivity index (χ2n) is 9.63. The summed E-state index contributed by atoms with van der Waals surface area (Å²) in [4.78, 5) is 35.2. The van der Waals surface area contributed by atoms with Crippen molar-refractivity contribution in [2.24, 2.45) is 11.1 Å². The predicted octanol–water partition coefficient (Wildman–Crippen LogP) is 2.20. The van der Waals surface area contributed by atoms with E-state index in [0.29, 0.717) is 17.7 Å². The van der Waals surface area contributed by atoms with E-state index in [-0.39, 0.29) is 31.2 Å². The van der Waals surface area contributed by atoms with Crippen molar-refractivity contribution in [2.45, 2.75) is 44.7 Å². The van der Waals surface area contributed by atoms with Crippen molar-refractivity contribution in [1.29, 1.82) is 0 Å². The highest BCUT2D eigenvalue weighted by molar-refractivity contribution is 6.43. The number of carbonyl (C=O) groups is 2. The zero-order valence-corrected chi connectivity index (χ0v) is 20.4. The number of nitrogens with zero attached hydrogens (tertiary/aromatic N) is 1. The molecule has 188 valence electrons. The van der Waals surface area contributed by atoms with E-state index in [9.17, 15) is 19.6 Å². The van der Waals surface area contributed by atoms with Crippen molar-refractivity contribution in [1.82, 2.24) is 15.6 Å². The summed E-state index contributed by atoms with van der Waals surface area (Å²) in [7, 11) is -1.71. The van der Waals surface area contributed by atoms with Gasteiger partial charge in [0.15, 0.2) is 0 Å². The van der Waals surface area contributed by atoms with Crippen LogP contribution in [-0.2, 0) is 16.1 Å². The van der Waals surface area contributed by atoms with Crippen LogP contribution in [0, 0.1) is 5.92 Å². The van der Waals surface area contributed by atoms with E-state index < -0.39 is 24.6 Å². The first-order valence-corrected chi connectivity index (χ1v) is 12.1. The van der Waals surface area contributed by atoms with Crippen molar-refractivity contribution in [3.63, 3.8) is 0 Å². The highest BCUT2D eigenvalue weighted by Crippen LogP contribution is 2.29. The Hall–Kier alpha value is -3.63. The molecule has 1 aromatic heterocycles. The number of carbonyl (C=O) groups excluding carboxylic acids is 2. The molecule has 10 heteroatoms. The lowest BCUT2D eigenvalue weighted by molar-refractivity contribution is -0.144. The van der Waals surface area contributed by atoms with Crippen LogP contribution in [0.3, 0.4) is 0 Å². The van der Waals surface area contributed by atoms with E-state index >= 15 is 0 Å². The Morgan fingerprint density at radius 1 is 1.14 bits per heavy atom. The lowest BCUT2D eigenvalue weighted by Crippen LogP contribution is -2.56. The Labute approximate surface area is 210 Å². The Kier molecular flexibility index (Phi) is 7.76. The van der Waals surface area contributed by atoms with Gasteiger partial charge in [0.25, 0.3) is 11.8 Å². The minimum atomic E-state index is -1.71. The van der Waals surface area contributed by atoms with Crippen molar-refractivity contribution in [3.8, 4) is 0 Å². The van der Waals surface area contributed by atoms with Gasteiger partial charge in [-0.25, -0.2) is 0 Å². The molecule has 0 spiro atoms. The van der Waals surface area contributed by atoms with Crippen LogP contribution in [0.25, 0.3) is 10.9 Å². The molecule has 0 saturated carbocycles. The fraction of sp³-hybridized carbons (Fsp3) is 0.346. The quantitative estimate of drug-likeness (QED) is 0.278. The molecule has 0 aliphatic carbocycles. The number of aromatic nitrogens is 1. The number of amides is 2. The maximum Gasteiger partial charge on any atom is 0.475 e. The van der Waals surface area contributed by atoms with Crippen LogP contribution in [0.4, 0.5) is 0 Å². The van der Waals surface area contributed by atoms with Crippen LogP contribution < -0.4 is 10.6 Å². The van der Waals surface area contributed by atoms with Crippen molar-refractivity contribution in [3.05, 3.63) is 71.9 Å². The largest absolute Gasteiger partial charge is 0.475 e. The molecule has 5 N–H and O–H groups in total. The molecule has 2 aromatic carbocycles. The van der Waals surface area contributed by atoms with Gasteiger partial charge in [0.05, 0.1) is 18.2 Å². The predicted molar refractivity (Wildman–Crippen MR) is 138 cm³/mol. The van der Waals surface area contributed by atoms with E-state index in [1.165, 1.54) is 0 Å². The van der Waals surface area contributed by atoms with Gasteiger partial charge in [0.1, 0.15) is 0 Å². The number of nitrogens with one attached hydrogen (secondary N) is 3. The summed E-state index contributed by atoms with van der Waals surface area (Å²) in [5.41, 5.74) is 1.42. The maximum absolute atomic E-state index is 13.5. The minimum absolute atomic E-state index is 0.113. The lowest BCUT2D eigenvalue weighted by atomic mass is 9.74. The average Bonchev–Trinajstić information content (AvgIpc) is 3.50. The molecule has 0 saturated heterocycles. The molecule has 36 heavy (non-hydrogen) atoms. The monoisotopic (exact) mass is 490 g/mol. The smallest absolute Gasteiger partial charge is 0.426 e. The Morgan fingerprint density at radius 3 is 2.64 bits per heavy atom. The number of hydrogen-bond acceptors (Lipinski definition) is 6. The number of benzene rings is 2. The lowest BCUT2D eigenvalue weighted by Gasteiger charge is -2.29. The molecule has 2 atom stereocenters. The van der Waals surface area contributed by atoms with E-state index in [2.05, 4.69) is 20.8 Å². The van der Waals surface area contributed by atoms with E-state index in [0.717, 1.165) is 16.5 Å². The molecule has 3 aromatic rings. The van der Waals surface area contributed by atoms with Crippen LogP contribution >= 0.6 is 0 Å². The highest BCUT2D eigenvalue weighted by atomic mass is 16.7. The summed E-state index contributed by atoms with van der Waals surface area (Å²) in [6.07, 6.45) is 2.56. The van der Waals surface area contributed by atoms with Crippen LogP contribution in [0.5, 0.6) is 0 Å². The number of hydrogen-bond donors (Lipinski definition) is 5. The van der Waals surface area contributed by atoms with Gasteiger partial charge in [-0.1, -0.05) is 55.4 Å². The van der Waals surface area contributed by atoms with E-state index in [4.69, 9.17) is 4.84 Å². The molecule has 9 nitrogen and oxygen atoms in total. The molecule has 0 radical (unpaired) electrons. The molecule has 2 heterocycles. The fourth-order valence-corrected chi connectivity index (χ4v) is 4.49. The molecule has 1 unspecified atom stereocenters. The standard InChI is InChI=1S/C26H31BN4O5/c1-17(2)13-23(27(34)35)30-25(33)26(14-18-7-4-3-5-8-18)15-19(31-36-26)16-29-24(32)21-9-6-10-22-20(21)11-12-28-22/h3-12,17,23,28,34-35H,13-16H2,1-2H3,(H,29,32)(H,30,33)/t23-,26?/m0/s1. The third-order valence-corrected chi connectivity index (χ3v) is 6.28. The maximum atomic E-state index is 13.5. The summed E-state index contributed by atoms with van der Waals surface area (Å²) < 4.78 is 0. The van der Waals surface area contributed by atoms with Crippen molar-refractivity contribution < 1.29 is 24.5 Å². The number of aromatic amines is 1. The zero-order chi connectivity index (χ0) is 25.7.